The quantitative estimate of drug-likeness (QED) is 0.586. The molecule has 5 heteroatoms. The first-order valence-electron chi connectivity index (χ1n) is 7.65. The number of halogens is 1. The lowest BCUT2D eigenvalue weighted by Gasteiger charge is -2.32. The first-order chi connectivity index (χ1) is 10.2. The van der Waals surface area contributed by atoms with E-state index in [2.05, 4.69) is 87.5 Å². The van der Waals surface area contributed by atoms with E-state index in [1.807, 2.05) is 0 Å². The zero-order valence-corrected chi connectivity index (χ0v) is 16.4. The van der Waals surface area contributed by atoms with Gasteiger partial charge in [0.2, 0.25) is 0 Å². The standard InChI is InChI=1S/C17H24BBrO2S/c1-6-12-10-15(19)8-7-13(12)9-14(11-22)18-20-16(2,3)17(4,5)21-18/h7-10,22H,6,11H2,1-5H3. The van der Waals surface area contributed by atoms with Crippen LogP contribution in [0.2, 0.25) is 0 Å². The summed E-state index contributed by atoms with van der Waals surface area (Å²) in [6.45, 7) is 10.4. The summed E-state index contributed by atoms with van der Waals surface area (Å²) >= 11 is 8.01. The van der Waals surface area contributed by atoms with Crippen molar-refractivity contribution in [3.63, 3.8) is 0 Å². The Bertz CT molecular complexity index is 568. The fraction of sp³-hybridized carbons (Fsp3) is 0.529. The molecular weight excluding hydrogens is 359 g/mol. The van der Waals surface area contributed by atoms with Crippen LogP contribution in [0.4, 0.5) is 0 Å². The summed E-state index contributed by atoms with van der Waals surface area (Å²) in [5, 5.41) is 0. The Morgan fingerprint density at radius 1 is 1.23 bits per heavy atom. The monoisotopic (exact) mass is 382 g/mol. The van der Waals surface area contributed by atoms with Gasteiger partial charge >= 0.3 is 7.12 Å². The molecule has 1 heterocycles. The van der Waals surface area contributed by atoms with Gasteiger partial charge in [0, 0.05) is 10.2 Å². The summed E-state index contributed by atoms with van der Waals surface area (Å²) in [7, 11) is -0.337. The van der Waals surface area contributed by atoms with Gasteiger partial charge in [-0.1, -0.05) is 35.0 Å². The molecule has 0 amide bonds. The first kappa shape index (κ1) is 18.1. The van der Waals surface area contributed by atoms with E-state index in [0.29, 0.717) is 5.75 Å². The Kier molecular flexibility index (Phi) is 5.53. The van der Waals surface area contributed by atoms with Crippen molar-refractivity contribution in [2.45, 2.75) is 52.2 Å². The largest absolute Gasteiger partial charge is 0.491 e. The van der Waals surface area contributed by atoms with Gasteiger partial charge in [0.1, 0.15) is 0 Å². The lowest BCUT2D eigenvalue weighted by atomic mass is 9.78. The van der Waals surface area contributed by atoms with Crippen molar-refractivity contribution < 1.29 is 9.31 Å². The van der Waals surface area contributed by atoms with Crippen molar-refractivity contribution in [1.29, 1.82) is 0 Å². The third kappa shape index (κ3) is 3.64. The highest BCUT2D eigenvalue weighted by molar-refractivity contribution is 9.10. The van der Waals surface area contributed by atoms with E-state index < -0.39 is 0 Å². The highest BCUT2D eigenvalue weighted by Gasteiger charge is 2.52. The normalized spacial score (nSPS) is 20.5. The van der Waals surface area contributed by atoms with Crippen molar-refractivity contribution in [1.82, 2.24) is 0 Å². The van der Waals surface area contributed by atoms with Crippen molar-refractivity contribution in [3.05, 3.63) is 39.3 Å². The molecule has 0 saturated carbocycles. The van der Waals surface area contributed by atoms with Crippen LogP contribution in [0.5, 0.6) is 0 Å². The van der Waals surface area contributed by atoms with E-state index in [9.17, 15) is 0 Å². The highest BCUT2D eigenvalue weighted by Crippen LogP contribution is 2.39. The molecule has 0 aromatic heterocycles. The Labute approximate surface area is 148 Å². The number of thiol groups is 1. The summed E-state index contributed by atoms with van der Waals surface area (Å²) < 4.78 is 13.4. The summed E-state index contributed by atoms with van der Waals surface area (Å²) in [6, 6.07) is 6.34. The van der Waals surface area contributed by atoms with Crippen LogP contribution in [0.1, 0.15) is 45.7 Å². The molecule has 0 atom stereocenters. The summed E-state index contributed by atoms with van der Waals surface area (Å²) in [4.78, 5) is 0. The second-order valence-corrected chi connectivity index (χ2v) is 7.89. The Hall–Kier alpha value is -0.225. The van der Waals surface area contributed by atoms with Crippen LogP contribution in [-0.4, -0.2) is 24.1 Å². The van der Waals surface area contributed by atoms with Crippen LogP contribution in [0.3, 0.4) is 0 Å². The second-order valence-electron chi connectivity index (χ2n) is 6.66. The van der Waals surface area contributed by atoms with Crippen LogP contribution in [-0.2, 0) is 15.7 Å². The molecule has 0 N–H and O–H groups in total. The van der Waals surface area contributed by atoms with E-state index in [-0.39, 0.29) is 18.3 Å². The first-order valence-corrected chi connectivity index (χ1v) is 9.08. The number of benzene rings is 1. The predicted molar refractivity (Wildman–Crippen MR) is 101 cm³/mol. The average Bonchev–Trinajstić information content (AvgIpc) is 2.65. The molecule has 2 rings (SSSR count). The van der Waals surface area contributed by atoms with Crippen LogP contribution in [0, 0.1) is 0 Å². The van der Waals surface area contributed by atoms with E-state index >= 15 is 0 Å². The SMILES string of the molecule is CCc1cc(Br)ccc1C=C(CS)B1OC(C)(C)C(C)(C)O1. The van der Waals surface area contributed by atoms with Gasteiger partial charge in [-0.05, 0) is 62.8 Å². The number of hydrogen-bond acceptors (Lipinski definition) is 3. The van der Waals surface area contributed by atoms with Crippen LogP contribution in [0.25, 0.3) is 6.08 Å². The van der Waals surface area contributed by atoms with Gasteiger partial charge in [0.25, 0.3) is 0 Å². The van der Waals surface area contributed by atoms with Gasteiger partial charge in [-0.3, -0.25) is 0 Å². The van der Waals surface area contributed by atoms with Crippen molar-refractivity contribution in [3.8, 4) is 0 Å². The zero-order valence-electron chi connectivity index (χ0n) is 13.9. The maximum Gasteiger partial charge on any atom is 0.491 e. The molecule has 0 bridgehead atoms. The molecule has 0 spiro atoms. The van der Waals surface area contributed by atoms with Crippen LogP contribution in [0.15, 0.2) is 28.1 Å². The smallest absolute Gasteiger partial charge is 0.400 e. The maximum absolute atomic E-state index is 6.14. The molecule has 0 unspecified atom stereocenters. The number of aryl methyl sites for hydroxylation is 1. The zero-order chi connectivity index (χ0) is 16.5. The van der Waals surface area contributed by atoms with Gasteiger partial charge in [0.05, 0.1) is 11.2 Å². The molecule has 0 radical (unpaired) electrons. The molecule has 1 aromatic rings. The third-order valence-electron chi connectivity index (χ3n) is 4.57. The molecule has 1 aromatic carbocycles. The van der Waals surface area contributed by atoms with Crippen molar-refractivity contribution in [2.24, 2.45) is 0 Å². The predicted octanol–water partition coefficient (Wildman–Crippen LogP) is 4.96. The van der Waals surface area contributed by atoms with Gasteiger partial charge in [0.15, 0.2) is 0 Å². The topological polar surface area (TPSA) is 18.5 Å². The minimum Gasteiger partial charge on any atom is -0.400 e. The molecule has 1 aliphatic rings. The lowest BCUT2D eigenvalue weighted by Crippen LogP contribution is -2.41. The van der Waals surface area contributed by atoms with Crippen molar-refractivity contribution in [2.75, 3.05) is 5.75 Å². The molecular formula is C17H24BBrO2S. The molecule has 22 heavy (non-hydrogen) atoms. The Morgan fingerprint density at radius 2 is 1.82 bits per heavy atom. The number of rotatable bonds is 4. The fourth-order valence-electron chi connectivity index (χ4n) is 2.40. The molecule has 1 saturated heterocycles. The second kappa shape index (κ2) is 6.72. The minimum absolute atomic E-state index is 0.326. The van der Waals surface area contributed by atoms with Crippen LogP contribution < -0.4 is 0 Å². The Morgan fingerprint density at radius 3 is 2.32 bits per heavy atom. The number of hydrogen-bond donors (Lipinski definition) is 1. The lowest BCUT2D eigenvalue weighted by molar-refractivity contribution is 0.00578. The molecule has 1 aliphatic heterocycles. The van der Waals surface area contributed by atoms with E-state index in [4.69, 9.17) is 9.31 Å². The Balaban J connectivity index is 2.34. The third-order valence-corrected chi connectivity index (χ3v) is 5.42. The minimum atomic E-state index is -0.337. The maximum atomic E-state index is 6.14. The van der Waals surface area contributed by atoms with E-state index in [0.717, 1.165) is 16.4 Å². The molecule has 0 aliphatic carbocycles. The molecule has 2 nitrogen and oxygen atoms in total. The van der Waals surface area contributed by atoms with Gasteiger partial charge in [-0.25, -0.2) is 0 Å². The fourth-order valence-corrected chi connectivity index (χ4v) is 3.05. The van der Waals surface area contributed by atoms with Gasteiger partial charge in [-0.2, -0.15) is 12.6 Å². The summed E-state index contributed by atoms with van der Waals surface area (Å²) in [5.74, 6) is 0.607. The molecule has 1 fully saturated rings. The average molecular weight is 383 g/mol. The summed E-state index contributed by atoms with van der Waals surface area (Å²) in [5.41, 5.74) is 2.90. The summed E-state index contributed by atoms with van der Waals surface area (Å²) in [6.07, 6.45) is 3.13. The molecule has 120 valence electrons. The van der Waals surface area contributed by atoms with Crippen LogP contribution >= 0.6 is 28.6 Å². The highest BCUT2D eigenvalue weighted by atomic mass is 79.9. The van der Waals surface area contributed by atoms with E-state index in [1.54, 1.807) is 0 Å². The van der Waals surface area contributed by atoms with E-state index in [1.165, 1.54) is 11.1 Å². The van der Waals surface area contributed by atoms with Gasteiger partial charge < -0.3 is 9.31 Å². The van der Waals surface area contributed by atoms with Crippen molar-refractivity contribution >= 4 is 41.8 Å². The van der Waals surface area contributed by atoms with Gasteiger partial charge in [-0.15, -0.1) is 0 Å².